The van der Waals surface area contributed by atoms with Crippen LogP contribution in [0.25, 0.3) is 0 Å². The van der Waals surface area contributed by atoms with Crippen LogP contribution in [0.2, 0.25) is 0 Å². The zero-order valence-corrected chi connectivity index (χ0v) is 9.75. The van der Waals surface area contributed by atoms with Gasteiger partial charge in [-0.3, -0.25) is 0 Å². The van der Waals surface area contributed by atoms with Gasteiger partial charge in [0.1, 0.15) is 12.2 Å². The lowest BCUT2D eigenvalue weighted by Gasteiger charge is -2.40. The Balaban J connectivity index is 0.000000921. The Labute approximate surface area is 90.6 Å². The molecule has 5 heteroatoms. The number of hydrogen-bond acceptors (Lipinski definition) is 5. The number of methoxy groups -OCH3 is 1. The summed E-state index contributed by atoms with van der Waals surface area (Å²) in [7, 11) is 1.41. The van der Waals surface area contributed by atoms with Crippen molar-refractivity contribution >= 4 is 0 Å². The molecule has 3 N–H and O–H groups in total. The van der Waals surface area contributed by atoms with E-state index in [9.17, 15) is 10.2 Å². The van der Waals surface area contributed by atoms with E-state index in [0.717, 1.165) is 0 Å². The number of ether oxygens (including phenoxy) is 2. The third-order valence-electron chi connectivity index (χ3n) is 2.46. The lowest BCUT2D eigenvalue weighted by molar-refractivity contribution is -0.280. The molecule has 0 aromatic heterocycles. The normalized spacial score (nSPS) is 40.6. The van der Waals surface area contributed by atoms with Gasteiger partial charge in [0.2, 0.25) is 0 Å². The van der Waals surface area contributed by atoms with Crippen molar-refractivity contribution in [2.75, 3.05) is 13.7 Å². The van der Waals surface area contributed by atoms with E-state index in [1.54, 1.807) is 6.92 Å². The lowest BCUT2D eigenvalue weighted by atomic mass is 9.91. The SMILES string of the molecule is CC.CO[C@H]1OC(CO)[C@@H](O)C(C)C1O. The molecule has 0 spiro atoms. The first kappa shape index (κ1) is 14.8. The Hall–Kier alpha value is -0.200. The highest BCUT2D eigenvalue weighted by atomic mass is 16.7. The van der Waals surface area contributed by atoms with Crippen LogP contribution in [0.15, 0.2) is 0 Å². The quantitative estimate of drug-likeness (QED) is 0.599. The minimum absolute atomic E-state index is 0.280. The Morgan fingerprint density at radius 1 is 1.20 bits per heavy atom. The first-order valence-corrected chi connectivity index (χ1v) is 5.27. The summed E-state index contributed by atoms with van der Waals surface area (Å²) < 4.78 is 9.97. The summed E-state index contributed by atoms with van der Waals surface area (Å²) >= 11 is 0. The zero-order valence-electron chi connectivity index (χ0n) is 9.75. The van der Waals surface area contributed by atoms with Crippen LogP contribution < -0.4 is 0 Å². The van der Waals surface area contributed by atoms with E-state index in [1.807, 2.05) is 13.8 Å². The molecule has 1 saturated heterocycles. The minimum Gasteiger partial charge on any atom is -0.394 e. The fourth-order valence-corrected chi connectivity index (χ4v) is 1.47. The third-order valence-corrected chi connectivity index (χ3v) is 2.46. The minimum atomic E-state index is -0.859. The van der Waals surface area contributed by atoms with Crippen molar-refractivity contribution in [3.63, 3.8) is 0 Å². The van der Waals surface area contributed by atoms with Crippen LogP contribution in [0.4, 0.5) is 0 Å². The van der Waals surface area contributed by atoms with Crippen LogP contribution in [-0.2, 0) is 9.47 Å². The van der Waals surface area contributed by atoms with Gasteiger partial charge in [-0.2, -0.15) is 0 Å². The first-order chi connectivity index (χ1) is 7.11. The molecule has 1 aliphatic rings. The summed E-state index contributed by atoms with van der Waals surface area (Å²) in [6.07, 6.45) is -3.16. The number of rotatable bonds is 2. The second-order valence-electron chi connectivity index (χ2n) is 3.30. The molecule has 0 radical (unpaired) electrons. The monoisotopic (exact) mass is 222 g/mol. The van der Waals surface area contributed by atoms with Gasteiger partial charge in [0, 0.05) is 13.0 Å². The average Bonchev–Trinajstić information content (AvgIpc) is 2.29. The van der Waals surface area contributed by atoms with Crippen molar-refractivity contribution in [1.29, 1.82) is 0 Å². The standard InChI is InChI=1S/C8H16O5.C2H6/c1-4-6(10)5(3-9)13-8(12-2)7(4)11;1-2/h4-11H,3H2,1-2H3;1-2H3/t4?,5?,6-,7?,8-;/m0./s1. The molecule has 5 atom stereocenters. The molecule has 1 rings (SSSR count). The summed E-state index contributed by atoms with van der Waals surface area (Å²) in [6, 6.07) is 0. The number of hydrogen-bond donors (Lipinski definition) is 3. The molecule has 1 aliphatic heterocycles. The van der Waals surface area contributed by atoms with Gasteiger partial charge in [0.05, 0.1) is 12.7 Å². The van der Waals surface area contributed by atoms with Gasteiger partial charge in [-0.1, -0.05) is 20.8 Å². The highest BCUT2D eigenvalue weighted by Gasteiger charge is 2.41. The summed E-state index contributed by atoms with van der Waals surface area (Å²) in [5.74, 6) is -0.365. The van der Waals surface area contributed by atoms with E-state index >= 15 is 0 Å². The topological polar surface area (TPSA) is 79.2 Å². The summed E-state index contributed by atoms with van der Waals surface area (Å²) in [6.45, 7) is 5.41. The zero-order chi connectivity index (χ0) is 12.0. The maximum Gasteiger partial charge on any atom is 0.183 e. The van der Waals surface area contributed by atoms with Crippen molar-refractivity contribution in [2.24, 2.45) is 5.92 Å². The average molecular weight is 222 g/mol. The van der Waals surface area contributed by atoms with E-state index in [1.165, 1.54) is 7.11 Å². The molecule has 0 saturated carbocycles. The molecular weight excluding hydrogens is 200 g/mol. The van der Waals surface area contributed by atoms with Crippen LogP contribution in [0.3, 0.4) is 0 Å². The summed E-state index contributed by atoms with van der Waals surface area (Å²) in [5.41, 5.74) is 0. The highest BCUT2D eigenvalue weighted by molar-refractivity contribution is 4.86. The van der Waals surface area contributed by atoms with E-state index < -0.39 is 24.6 Å². The van der Waals surface area contributed by atoms with Gasteiger partial charge in [-0.15, -0.1) is 0 Å². The van der Waals surface area contributed by atoms with E-state index in [4.69, 9.17) is 14.6 Å². The maximum atomic E-state index is 9.53. The van der Waals surface area contributed by atoms with Crippen molar-refractivity contribution in [2.45, 2.75) is 45.4 Å². The largest absolute Gasteiger partial charge is 0.394 e. The van der Waals surface area contributed by atoms with E-state index in [-0.39, 0.29) is 12.5 Å². The first-order valence-electron chi connectivity index (χ1n) is 5.27. The van der Waals surface area contributed by atoms with Gasteiger partial charge in [-0.25, -0.2) is 0 Å². The predicted octanol–water partition coefficient (Wildman–Crippen LogP) is -0.266. The molecule has 1 fully saturated rings. The Morgan fingerprint density at radius 3 is 2.13 bits per heavy atom. The van der Waals surface area contributed by atoms with Crippen molar-refractivity contribution in [1.82, 2.24) is 0 Å². The maximum absolute atomic E-state index is 9.53. The van der Waals surface area contributed by atoms with Gasteiger partial charge in [-0.05, 0) is 0 Å². The van der Waals surface area contributed by atoms with Gasteiger partial charge < -0.3 is 24.8 Å². The van der Waals surface area contributed by atoms with Crippen LogP contribution >= 0.6 is 0 Å². The Bertz CT molecular complexity index is 144. The Morgan fingerprint density at radius 2 is 1.73 bits per heavy atom. The van der Waals surface area contributed by atoms with Gasteiger partial charge in [0.25, 0.3) is 0 Å². The highest BCUT2D eigenvalue weighted by Crippen LogP contribution is 2.25. The summed E-state index contributed by atoms with van der Waals surface area (Å²) in [4.78, 5) is 0. The smallest absolute Gasteiger partial charge is 0.183 e. The Kier molecular flexibility index (Phi) is 7.04. The molecule has 0 amide bonds. The lowest BCUT2D eigenvalue weighted by Crippen LogP contribution is -2.54. The van der Waals surface area contributed by atoms with Crippen molar-refractivity contribution in [3.8, 4) is 0 Å². The van der Waals surface area contributed by atoms with E-state index in [0.29, 0.717) is 0 Å². The third kappa shape index (κ3) is 3.39. The molecule has 92 valence electrons. The van der Waals surface area contributed by atoms with Gasteiger partial charge in [0.15, 0.2) is 6.29 Å². The molecule has 0 aliphatic carbocycles. The molecule has 0 bridgehead atoms. The van der Waals surface area contributed by atoms with Crippen LogP contribution in [0.1, 0.15) is 20.8 Å². The van der Waals surface area contributed by atoms with Crippen molar-refractivity contribution in [3.05, 3.63) is 0 Å². The molecule has 3 unspecified atom stereocenters. The fourth-order valence-electron chi connectivity index (χ4n) is 1.47. The van der Waals surface area contributed by atoms with E-state index in [2.05, 4.69) is 0 Å². The van der Waals surface area contributed by atoms with Crippen LogP contribution in [0, 0.1) is 5.92 Å². The molecule has 0 aromatic rings. The molecule has 15 heavy (non-hydrogen) atoms. The molecule has 0 aromatic carbocycles. The molecule has 1 heterocycles. The molecule has 5 nitrogen and oxygen atoms in total. The second kappa shape index (κ2) is 7.14. The summed E-state index contributed by atoms with van der Waals surface area (Å²) in [5, 5.41) is 27.9. The van der Waals surface area contributed by atoms with Crippen LogP contribution in [0.5, 0.6) is 0 Å². The van der Waals surface area contributed by atoms with Gasteiger partial charge >= 0.3 is 0 Å². The number of aliphatic hydroxyl groups is 3. The fraction of sp³-hybridized carbons (Fsp3) is 1.00. The molecular formula is C10H22O5. The number of aliphatic hydroxyl groups excluding tert-OH is 3. The predicted molar refractivity (Wildman–Crippen MR) is 55.3 cm³/mol. The second-order valence-corrected chi connectivity index (χ2v) is 3.30. The van der Waals surface area contributed by atoms with Crippen LogP contribution in [-0.4, -0.2) is 53.6 Å². The van der Waals surface area contributed by atoms with Crippen molar-refractivity contribution < 1.29 is 24.8 Å².